The van der Waals surface area contributed by atoms with E-state index in [9.17, 15) is 8.42 Å². The van der Waals surface area contributed by atoms with E-state index in [1.54, 1.807) is 42.2 Å². The number of aromatic nitrogens is 3. The number of sulfonamides is 1. The van der Waals surface area contributed by atoms with Crippen LogP contribution >= 0.6 is 0 Å². The Labute approximate surface area is 124 Å². The fourth-order valence-corrected chi connectivity index (χ4v) is 2.88. The summed E-state index contributed by atoms with van der Waals surface area (Å²) >= 11 is 0. The van der Waals surface area contributed by atoms with Gasteiger partial charge in [-0.2, -0.15) is 5.10 Å². The maximum absolute atomic E-state index is 11.8. The highest BCUT2D eigenvalue weighted by atomic mass is 32.2. The molecule has 21 heavy (non-hydrogen) atoms. The summed E-state index contributed by atoms with van der Waals surface area (Å²) in [6.07, 6.45) is 2.37. The van der Waals surface area contributed by atoms with Gasteiger partial charge in [-0.1, -0.05) is 6.92 Å². The van der Waals surface area contributed by atoms with Gasteiger partial charge in [-0.15, -0.1) is 0 Å². The van der Waals surface area contributed by atoms with E-state index in [1.165, 1.54) is 0 Å². The second-order valence-electron chi connectivity index (χ2n) is 4.54. The minimum Gasteiger partial charge on any atom is -0.385 e. The molecule has 0 aliphatic rings. The zero-order chi connectivity index (χ0) is 15.3. The summed E-state index contributed by atoms with van der Waals surface area (Å²) in [5, 5.41) is 7.40. The van der Waals surface area contributed by atoms with Crippen LogP contribution in [0.15, 0.2) is 35.5 Å². The van der Waals surface area contributed by atoms with Gasteiger partial charge in [0.1, 0.15) is 6.33 Å². The second kappa shape index (κ2) is 6.68. The fraction of sp³-hybridized carbons (Fsp3) is 0.385. The van der Waals surface area contributed by atoms with Crippen LogP contribution in [-0.2, 0) is 23.5 Å². The topological polar surface area (TPSA) is 88.9 Å². The minimum atomic E-state index is -3.39. The molecule has 1 aromatic heterocycles. The highest BCUT2D eigenvalue weighted by molar-refractivity contribution is 7.89. The summed E-state index contributed by atoms with van der Waals surface area (Å²) in [5.41, 5.74) is 0.862. The SMILES string of the molecule is CCNS(=O)(=O)c1ccc(NCCc2ncn(C)n2)cc1. The monoisotopic (exact) mass is 309 g/mol. The lowest BCUT2D eigenvalue weighted by molar-refractivity contribution is 0.584. The zero-order valence-corrected chi connectivity index (χ0v) is 12.9. The van der Waals surface area contributed by atoms with E-state index in [1.807, 2.05) is 7.05 Å². The molecule has 0 spiro atoms. The number of hydrogen-bond acceptors (Lipinski definition) is 5. The molecule has 0 fully saturated rings. The van der Waals surface area contributed by atoms with Crippen molar-refractivity contribution in [2.75, 3.05) is 18.4 Å². The smallest absolute Gasteiger partial charge is 0.240 e. The van der Waals surface area contributed by atoms with E-state index in [4.69, 9.17) is 0 Å². The quantitative estimate of drug-likeness (QED) is 0.788. The first kappa shape index (κ1) is 15.5. The average Bonchev–Trinajstić information content (AvgIpc) is 2.85. The number of nitrogens with zero attached hydrogens (tertiary/aromatic N) is 3. The van der Waals surface area contributed by atoms with Gasteiger partial charge in [0, 0.05) is 32.2 Å². The molecule has 0 radical (unpaired) electrons. The Morgan fingerprint density at radius 3 is 2.52 bits per heavy atom. The molecule has 0 bridgehead atoms. The normalized spacial score (nSPS) is 11.5. The predicted octanol–water partition coefficient (Wildman–Crippen LogP) is 0.768. The molecule has 0 aliphatic heterocycles. The largest absolute Gasteiger partial charge is 0.385 e. The Hall–Kier alpha value is -1.93. The maximum Gasteiger partial charge on any atom is 0.240 e. The Morgan fingerprint density at radius 2 is 1.95 bits per heavy atom. The van der Waals surface area contributed by atoms with Crippen LogP contribution in [-0.4, -0.2) is 36.3 Å². The van der Waals surface area contributed by atoms with E-state index in [0.717, 1.165) is 11.5 Å². The molecule has 8 heteroatoms. The van der Waals surface area contributed by atoms with Gasteiger partial charge in [-0.05, 0) is 24.3 Å². The van der Waals surface area contributed by atoms with Crippen molar-refractivity contribution in [2.45, 2.75) is 18.2 Å². The second-order valence-corrected chi connectivity index (χ2v) is 6.30. The van der Waals surface area contributed by atoms with Gasteiger partial charge in [0.05, 0.1) is 4.90 Å². The average molecular weight is 309 g/mol. The van der Waals surface area contributed by atoms with Crippen molar-refractivity contribution in [3.05, 3.63) is 36.4 Å². The zero-order valence-electron chi connectivity index (χ0n) is 12.1. The molecule has 114 valence electrons. The molecule has 1 aromatic carbocycles. The lowest BCUT2D eigenvalue weighted by Gasteiger charge is -2.07. The van der Waals surface area contributed by atoms with Crippen molar-refractivity contribution in [1.29, 1.82) is 0 Å². The van der Waals surface area contributed by atoms with Gasteiger partial charge in [0.25, 0.3) is 0 Å². The van der Waals surface area contributed by atoms with Crippen LogP contribution in [0.2, 0.25) is 0 Å². The van der Waals surface area contributed by atoms with Crippen LogP contribution in [0.1, 0.15) is 12.7 Å². The first-order chi connectivity index (χ1) is 10.0. The van der Waals surface area contributed by atoms with E-state index < -0.39 is 10.0 Å². The summed E-state index contributed by atoms with van der Waals surface area (Å²) in [6, 6.07) is 6.66. The van der Waals surface area contributed by atoms with Crippen molar-refractivity contribution in [3.8, 4) is 0 Å². The Bertz CT molecular complexity index is 679. The van der Waals surface area contributed by atoms with Crippen molar-refractivity contribution in [2.24, 2.45) is 7.05 Å². The molecule has 0 atom stereocenters. The van der Waals surface area contributed by atoms with Crippen molar-refractivity contribution in [1.82, 2.24) is 19.5 Å². The number of aryl methyl sites for hydroxylation is 1. The number of nitrogens with one attached hydrogen (secondary N) is 2. The summed E-state index contributed by atoms with van der Waals surface area (Å²) in [5.74, 6) is 0.774. The first-order valence-corrected chi connectivity index (χ1v) is 8.17. The Balaban J connectivity index is 1.90. The van der Waals surface area contributed by atoms with Crippen molar-refractivity contribution < 1.29 is 8.42 Å². The molecule has 0 unspecified atom stereocenters. The summed E-state index contributed by atoms with van der Waals surface area (Å²) in [6.45, 7) is 2.81. The summed E-state index contributed by atoms with van der Waals surface area (Å²) in [4.78, 5) is 4.40. The van der Waals surface area contributed by atoms with E-state index in [2.05, 4.69) is 20.1 Å². The molecule has 0 saturated heterocycles. The highest BCUT2D eigenvalue weighted by Crippen LogP contribution is 2.13. The van der Waals surface area contributed by atoms with Gasteiger partial charge in [-0.3, -0.25) is 4.68 Å². The van der Waals surface area contributed by atoms with Crippen LogP contribution in [0.5, 0.6) is 0 Å². The van der Waals surface area contributed by atoms with Crippen LogP contribution in [0.25, 0.3) is 0 Å². The highest BCUT2D eigenvalue weighted by Gasteiger charge is 2.11. The first-order valence-electron chi connectivity index (χ1n) is 6.69. The molecule has 2 rings (SSSR count). The van der Waals surface area contributed by atoms with Crippen LogP contribution < -0.4 is 10.0 Å². The van der Waals surface area contributed by atoms with Crippen molar-refractivity contribution >= 4 is 15.7 Å². The summed E-state index contributed by atoms with van der Waals surface area (Å²) < 4.78 is 27.7. The van der Waals surface area contributed by atoms with Crippen LogP contribution in [0.3, 0.4) is 0 Å². The summed E-state index contributed by atoms with van der Waals surface area (Å²) in [7, 11) is -1.56. The molecule has 7 nitrogen and oxygen atoms in total. The third-order valence-electron chi connectivity index (χ3n) is 2.82. The van der Waals surface area contributed by atoms with Crippen molar-refractivity contribution in [3.63, 3.8) is 0 Å². The lowest BCUT2D eigenvalue weighted by Crippen LogP contribution is -2.23. The van der Waals surface area contributed by atoms with Gasteiger partial charge in [0.15, 0.2) is 5.82 Å². The molecule has 2 N–H and O–H groups in total. The van der Waals surface area contributed by atoms with E-state index in [-0.39, 0.29) is 4.90 Å². The van der Waals surface area contributed by atoms with Gasteiger partial charge >= 0.3 is 0 Å². The lowest BCUT2D eigenvalue weighted by atomic mass is 10.3. The number of hydrogen-bond donors (Lipinski definition) is 2. The predicted molar refractivity (Wildman–Crippen MR) is 80.5 cm³/mol. The van der Waals surface area contributed by atoms with Crippen LogP contribution in [0.4, 0.5) is 5.69 Å². The van der Waals surface area contributed by atoms with Crippen LogP contribution in [0, 0.1) is 0 Å². The maximum atomic E-state index is 11.8. The third kappa shape index (κ3) is 4.27. The molecular weight excluding hydrogens is 290 g/mol. The molecule has 1 heterocycles. The van der Waals surface area contributed by atoms with Gasteiger partial charge in [-0.25, -0.2) is 18.1 Å². The standard InChI is InChI=1S/C13H19N5O2S/c1-3-16-21(19,20)12-6-4-11(5-7-12)14-9-8-13-15-10-18(2)17-13/h4-7,10,14,16H,3,8-9H2,1-2H3. The molecule has 0 saturated carbocycles. The molecular formula is C13H19N5O2S. The Kier molecular flexibility index (Phi) is 4.92. The van der Waals surface area contributed by atoms with Gasteiger partial charge in [0.2, 0.25) is 10.0 Å². The van der Waals surface area contributed by atoms with Gasteiger partial charge < -0.3 is 5.32 Å². The molecule has 2 aromatic rings. The fourth-order valence-electron chi connectivity index (χ4n) is 1.84. The number of benzene rings is 1. The Morgan fingerprint density at radius 1 is 1.24 bits per heavy atom. The number of rotatable bonds is 7. The number of anilines is 1. The third-order valence-corrected chi connectivity index (χ3v) is 4.39. The molecule has 0 amide bonds. The minimum absolute atomic E-state index is 0.265. The van der Waals surface area contributed by atoms with E-state index >= 15 is 0 Å². The molecule has 0 aliphatic carbocycles. The van der Waals surface area contributed by atoms with E-state index in [0.29, 0.717) is 19.5 Å².